The molecule has 0 spiro atoms. The van der Waals surface area contributed by atoms with E-state index < -0.39 is 0 Å². The number of nitrogens with zero attached hydrogens (tertiary/aromatic N) is 6. The van der Waals surface area contributed by atoms with Crippen molar-refractivity contribution in [3.63, 3.8) is 0 Å². The first-order valence-corrected chi connectivity index (χ1v) is 13.1. The first-order chi connectivity index (χ1) is 16.5. The van der Waals surface area contributed by atoms with E-state index in [2.05, 4.69) is 46.7 Å². The van der Waals surface area contributed by atoms with E-state index in [1.807, 2.05) is 57.6 Å². The van der Waals surface area contributed by atoms with Crippen molar-refractivity contribution in [3.05, 3.63) is 47.1 Å². The Morgan fingerprint density at radius 3 is 2.12 bits per heavy atom. The second-order valence-electron chi connectivity index (χ2n) is 8.26. The maximum Gasteiger partial charge on any atom is 0.163 e. The minimum Gasteiger partial charge on any atom is -0.326 e. The number of imidazole rings is 1. The highest BCUT2D eigenvalue weighted by Crippen LogP contribution is 2.32. The summed E-state index contributed by atoms with van der Waals surface area (Å²) < 4.78 is 4.10. The summed E-state index contributed by atoms with van der Waals surface area (Å²) in [6.45, 7) is 13.3. The van der Waals surface area contributed by atoms with Gasteiger partial charge in [0.15, 0.2) is 5.82 Å². The molecule has 4 heterocycles. The molecule has 5 rings (SSSR count). The van der Waals surface area contributed by atoms with Gasteiger partial charge in [-0.3, -0.25) is 4.68 Å². The number of rotatable bonds is 1. The molecule has 1 aromatic carbocycles. The van der Waals surface area contributed by atoms with Crippen molar-refractivity contribution in [3.8, 4) is 11.5 Å². The zero-order chi connectivity index (χ0) is 25.1. The SMILES string of the molecule is CC.CC.CN1CCC=CCC1.CN1CCCn2nc(-c3nc4ccccc4n3C)c(Cl)c2C1. The zero-order valence-corrected chi connectivity index (χ0v) is 22.9. The van der Waals surface area contributed by atoms with Gasteiger partial charge in [-0.15, -0.1) is 0 Å². The third-order valence-corrected chi connectivity index (χ3v) is 6.24. The first kappa shape index (κ1) is 28.1. The molecule has 0 aliphatic carbocycles. The van der Waals surface area contributed by atoms with Gasteiger partial charge in [0.25, 0.3) is 0 Å². The number of para-hydroxylation sites is 2. The molecule has 0 fully saturated rings. The van der Waals surface area contributed by atoms with Crippen LogP contribution in [-0.2, 0) is 20.1 Å². The maximum absolute atomic E-state index is 6.65. The van der Waals surface area contributed by atoms with Crippen LogP contribution < -0.4 is 0 Å². The monoisotopic (exact) mass is 486 g/mol. The normalized spacial score (nSPS) is 16.1. The van der Waals surface area contributed by atoms with Crippen LogP contribution in [0.4, 0.5) is 0 Å². The molecule has 2 aliphatic heterocycles. The van der Waals surface area contributed by atoms with Crippen LogP contribution in [0.15, 0.2) is 36.4 Å². The van der Waals surface area contributed by atoms with Crippen molar-refractivity contribution in [1.29, 1.82) is 0 Å². The Hall–Kier alpha value is -2.15. The molecule has 0 N–H and O–H groups in total. The third kappa shape index (κ3) is 6.94. The highest BCUT2D eigenvalue weighted by atomic mass is 35.5. The minimum absolute atomic E-state index is 0.729. The van der Waals surface area contributed by atoms with E-state index in [1.54, 1.807) is 0 Å². The highest BCUT2D eigenvalue weighted by molar-refractivity contribution is 6.33. The molecule has 7 heteroatoms. The average Bonchev–Trinajstić information content (AvgIpc) is 3.13. The molecular weight excluding hydrogens is 444 g/mol. The Morgan fingerprint density at radius 1 is 0.824 bits per heavy atom. The fraction of sp³-hybridized carbons (Fsp3) is 0.556. The molecule has 34 heavy (non-hydrogen) atoms. The maximum atomic E-state index is 6.65. The van der Waals surface area contributed by atoms with Crippen LogP contribution >= 0.6 is 11.6 Å². The third-order valence-electron chi connectivity index (χ3n) is 5.84. The van der Waals surface area contributed by atoms with Crippen LogP contribution in [0.3, 0.4) is 0 Å². The Balaban J connectivity index is 0.000000286. The summed E-state index contributed by atoms with van der Waals surface area (Å²) in [4.78, 5) is 9.36. The van der Waals surface area contributed by atoms with E-state index in [-0.39, 0.29) is 0 Å². The van der Waals surface area contributed by atoms with Crippen LogP contribution in [0, 0.1) is 0 Å². The molecule has 2 aromatic heterocycles. The lowest BCUT2D eigenvalue weighted by molar-refractivity contribution is 0.332. The predicted molar refractivity (Wildman–Crippen MR) is 146 cm³/mol. The number of aryl methyl sites for hydroxylation is 2. The second kappa shape index (κ2) is 14.3. The standard InChI is InChI=1S/C16H18ClN5.C7H13N.2C2H6/c1-20-8-5-9-22-13(10-20)14(17)15(19-22)16-18-11-6-3-4-7-12(11)21(16)2;1-8-6-4-2-3-5-7-8;2*1-2/h3-4,6-7H,5,8-10H2,1-2H3;2-3H,4-7H2,1H3;2*1-2H3. The fourth-order valence-electron chi connectivity index (χ4n) is 4.07. The number of halogens is 1. The Labute approximate surface area is 211 Å². The topological polar surface area (TPSA) is 42.1 Å². The number of benzene rings is 1. The summed E-state index contributed by atoms with van der Waals surface area (Å²) in [6.07, 6.45) is 8.09. The quantitative estimate of drug-likeness (QED) is 0.381. The molecule has 0 saturated heterocycles. The second-order valence-corrected chi connectivity index (χ2v) is 8.64. The van der Waals surface area contributed by atoms with Crippen molar-refractivity contribution in [2.24, 2.45) is 7.05 Å². The summed E-state index contributed by atoms with van der Waals surface area (Å²) in [6, 6.07) is 8.10. The van der Waals surface area contributed by atoms with Gasteiger partial charge in [0.2, 0.25) is 0 Å². The van der Waals surface area contributed by atoms with Crippen molar-refractivity contribution >= 4 is 22.6 Å². The lowest BCUT2D eigenvalue weighted by Crippen LogP contribution is -2.18. The van der Waals surface area contributed by atoms with E-state index in [0.717, 1.165) is 59.3 Å². The van der Waals surface area contributed by atoms with Gasteiger partial charge >= 0.3 is 0 Å². The Kier molecular flexibility index (Phi) is 11.8. The van der Waals surface area contributed by atoms with Crippen molar-refractivity contribution in [2.75, 3.05) is 33.7 Å². The number of hydrogen-bond acceptors (Lipinski definition) is 4. The molecule has 3 aromatic rings. The van der Waals surface area contributed by atoms with Gasteiger partial charge in [-0.05, 0) is 45.5 Å². The van der Waals surface area contributed by atoms with Crippen molar-refractivity contribution < 1.29 is 0 Å². The van der Waals surface area contributed by atoms with Gasteiger partial charge in [-0.25, -0.2) is 4.98 Å². The van der Waals surface area contributed by atoms with Crippen LogP contribution in [0.5, 0.6) is 0 Å². The molecule has 0 radical (unpaired) electrons. The molecule has 0 saturated carbocycles. The average molecular weight is 487 g/mol. The van der Waals surface area contributed by atoms with Gasteiger partial charge in [0.05, 0.1) is 21.7 Å². The van der Waals surface area contributed by atoms with E-state index in [9.17, 15) is 0 Å². The molecular formula is C27H43ClN6. The lowest BCUT2D eigenvalue weighted by Gasteiger charge is -2.11. The summed E-state index contributed by atoms with van der Waals surface area (Å²) in [7, 11) is 6.30. The number of fused-ring (bicyclic) bond motifs is 2. The molecule has 0 bridgehead atoms. The van der Waals surface area contributed by atoms with E-state index in [4.69, 9.17) is 21.7 Å². The van der Waals surface area contributed by atoms with Gasteiger partial charge in [0.1, 0.15) is 5.69 Å². The highest BCUT2D eigenvalue weighted by Gasteiger charge is 2.23. The smallest absolute Gasteiger partial charge is 0.163 e. The number of aromatic nitrogens is 4. The van der Waals surface area contributed by atoms with Crippen LogP contribution in [0.2, 0.25) is 5.02 Å². The summed E-state index contributed by atoms with van der Waals surface area (Å²) >= 11 is 6.65. The van der Waals surface area contributed by atoms with Crippen molar-refractivity contribution in [2.45, 2.75) is 60.0 Å². The predicted octanol–water partition coefficient (Wildman–Crippen LogP) is 6.25. The lowest BCUT2D eigenvalue weighted by atomic mass is 10.3. The molecule has 188 valence electrons. The summed E-state index contributed by atoms with van der Waals surface area (Å²) in [5.41, 5.74) is 3.93. The molecule has 6 nitrogen and oxygen atoms in total. The van der Waals surface area contributed by atoms with Gasteiger partial charge in [-0.1, -0.05) is 63.6 Å². The van der Waals surface area contributed by atoms with Crippen LogP contribution in [0.1, 0.15) is 52.7 Å². The van der Waals surface area contributed by atoms with Gasteiger partial charge < -0.3 is 14.4 Å². The number of hydrogen-bond donors (Lipinski definition) is 0. The van der Waals surface area contributed by atoms with E-state index in [0.29, 0.717) is 0 Å². The zero-order valence-electron chi connectivity index (χ0n) is 22.2. The van der Waals surface area contributed by atoms with Gasteiger partial charge in [-0.2, -0.15) is 5.10 Å². The summed E-state index contributed by atoms with van der Waals surface area (Å²) in [5.74, 6) is 0.828. The Morgan fingerprint density at radius 2 is 1.47 bits per heavy atom. The van der Waals surface area contributed by atoms with Gasteiger partial charge in [0, 0.05) is 39.8 Å². The molecule has 2 aliphatic rings. The largest absolute Gasteiger partial charge is 0.326 e. The van der Waals surface area contributed by atoms with Crippen molar-refractivity contribution in [1.82, 2.24) is 29.1 Å². The molecule has 0 atom stereocenters. The van der Waals surface area contributed by atoms with E-state index >= 15 is 0 Å². The van der Waals surface area contributed by atoms with Crippen LogP contribution in [0.25, 0.3) is 22.6 Å². The minimum atomic E-state index is 0.729. The Bertz CT molecular complexity index is 1030. The fourth-order valence-corrected chi connectivity index (χ4v) is 4.35. The first-order valence-electron chi connectivity index (χ1n) is 12.7. The molecule has 0 unspecified atom stereocenters. The molecule has 0 amide bonds. The summed E-state index contributed by atoms with van der Waals surface area (Å²) in [5, 5.41) is 5.47. The van der Waals surface area contributed by atoms with Crippen LogP contribution in [-0.4, -0.2) is 62.9 Å². The van der Waals surface area contributed by atoms with E-state index in [1.165, 1.54) is 25.9 Å².